The molecule has 0 bridgehead atoms. The molecule has 3 rings (SSSR count). The molecule has 0 unspecified atom stereocenters. The normalized spacial score (nSPS) is 18.9. The zero-order chi connectivity index (χ0) is 15.0. The van der Waals surface area contributed by atoms with Crippen molar-refractivity contribution in [2.24, 2.45) is 10.2 Å². The molecule has 21 heavy (non-hydrogen) atoms. The molecule has 1 saturated heterocycles. The molecule has 0 aliphatic carbocycles. The molecule has 1 aromatic carbocycles. The van der Waals surface area contributed by atoms with E-state index in [9.17, 15) is 14.3 Å². The van der Waals surface area contributed by atoms with Crippen LogP contribution in [0.5, 0.6) is 5.88 Å². The van der Waals surface area contributed by atoms with Gasteiger partial charge in [0.2, 0.25) is 5.88 Å². The number of nitrogens with one attached hydrogen (secondary N) is 1. The molecular formula is C13H11BrFN3O3. The van der Waals surface area contributed by atoms with Crippen LogP contribution in [0.25, 0.3) is 10.9 Å². The first-order valence-corrected chi connectivity index (χ1v) is 7.12. The summed E-state index contributed by atoms with van der Waals surface area (Å²) in [5.41, 5.74) is 0.504. The zero-order valence-corrected chi connectivity index (χ0v) is 12.4. The molecule has 2 N–H and O–H groups in total. The highest BCUT2D eigenvalue weighted by molar-refractivity contribution is 9.10. The van der Waals surface area contributed by atoms with Crippen molar-refractivity contribution >= 4 is 38.4 Å². The van der Waals surface area contributed by atoms with E-state index in [2.05, 4.69) is 31.1 Å². The number of fused-ring (bicyclic) bond motifs is 1. The standard InChI is InChI=1S/C13H11BrFN3O3/c14-8-5-6(15)4-7-10(8)16-13(20)11(7)17-18-12(19)9-2-1-3-21-9/h4-5,9,16,20H,1-3H2/t9-/m0/s1. The number of carbonyl (C=O) groups is 1. The largest absolute Gasteiger partial charge is 0.493 e. The van der Waals surface area contributed by atoms with E-state index < -0.39 is 17.8 Å². The maximum Gasteiger partial charge on any atom is 0.293 e. The third kappa shape index (κ3) is 2.68. The second-order valence-corrected chi connectivity index (χ2v) is 5.53. The molecule has 8 heteroatoms. The molecule has 0 radical (unpaired) electrons. The number of azo groups is 1. The minimum absolute atomic E-state index is 0.0246. The Kier molecular flexibility index (Phi) is 3.73. The number of ether oxygens (including phenoxy) is 1. The quantitative estimate of drug-likeness (QED) is 0.807. The number of amides is 1. The first-order chi connectivity index (χ1) is 10.1. The van der Waals surface area contributed by atoms with Crippen LogP contribution in [-0.4, -0.2) is 28.7 Å². The Hall–Kier alpha value is -1.80. The van der Waals surface area contributed by atoms with Gasteiger partial charge in [-0.2, -0.15) is 0 Å². The average Bonchev–Trinajstić information content (AvgIpc) is 3.05. The second kappa shape index (κ2) is 5.53. The molecule has 1 aromatic heterocycles. The number of aromatic hydroxyl groups is 1. The molecule has 0 saturated carbocycles. The van der Waals surface area contributed by atoms with Crippen LogP contribution in [0, 0.1) is 5.82 Å². The highest BCUT2D eigenvalue weighted by Gasteiger charge is 2.24. The summed E-state index contributed by atoms with van der Waals surface area (Å²) in [6, 6.07) is 2.47. The summed E-state index contributed by atoms with van der Waals surface area (Å²) < 4.78 is 19.1. The number of nitrogens with zero attached hydrogens (tertiary/aromatic N) is 2. The van der Waals surface area contributed by atoms with Crippen LogP contribution in [0.15, 0.2) is 26.8 Å². The van der Waals surface area contributed by atoms with E-state index in [0.29, 0.717) is 28.4 Å². The monoisotopic (exact) mass is 355 g/mol. The highest BCUT2D eigenvalue weighted by atomic mass is 79.9. The maximum atomic E-state index is 13.4. The average molecular weight is 356 g/mol. The van der Waals surface area contributed by atoms with Gasteiger partial charge >= 0.3 is 0 Å². The summed E-state index contributed by atoms with van der Waals surface area (Å²) in [7, 11) is 0. The number of aromatic amines is 1. The second-order valence-electron chi connectivity index (χ2n) is 4.67. The van der Waals surface area contributed by atoms with Crippen LogP contribution in [0.4, 0.5) is 10.1 Å². The van der Waals surface area contributed by atoms with Crippen molar-refractivity contribution in [1.82, 2.24) is 4.98 Å². The zero-order valence-electron chi connectivity index (χ0n) is 10.8. The molecule has 6 nitrogen and oxygen atoms in total. The van der Waals surface area contributed by atoms with E-state index in [-0.39, 0.29) is 11.6 Å². The molecule has 2 heterocycles. The fourth-order valence-corrected chi connectivity index (χ4v) is 2.76. The van der Waals surface area contributed by atoms with Gasteiger partial charge in [-0.1, -0.05) is 0 Å². The van der Waals surface area contributed by atoms with Crippen molar-refractivity contribution in [1.29, 1.82) is 0 Å². The Morgan fingerprint density at radius 2 is 2.33 bits per heavy atom. The van der Waals surface area contributed by atoms with Gasteiger partial charge < -0.3 is 14.8 Å². The van der Waals surface area contributed by atoms with Crippen LogP contribution in [0.1, 0.15) is 12.8 Å². The van der Waals surface area contributed by atoms with Crippen molar-refractivity contribution in [3.8, 4) is 5.88 Å². The summed E-state index contributed by atoms with van der Waals surface area (Å²) in [6.07, 6.45) is 0.838. The molecule has 110 valence electrons. The van der Waals surface area contributed by atoms with Gasteiger partial charge in [-0.15, -0.1) is 10.2 Å². The van der Waals surface area contributed by atoms with Crippen molar-refractivity contribution in [2.75, 3.05) is 6.61 Å². The number of aromatic nitrogens is 1. The summed E-state index contributed by atoms with van der Waals surface area (Å²) in [6.45, 7) is 0.530. The molecule has 2 aromatic rings. The van der Waals surface area contributed by atoms with Gasteiger partial charge in [0.1, 0.15) is 11.9 Å². The van der Waals surface area contributed by atoms with Crippen molar-refractivity contribution in [2.45, 2.75) is 18.9 Å². The third-order valence-electron chi connectivity index (χ3n) is 3.23. The predicted octanol–water partition coefficient (Wildman–Crippen LogP) is 3.56. The number of rotatable bonds is 2. The molecule has 1 aliphatic heterocycles. The summed E-state index contributed by atoms with van der Waals surface area (Å²) in [5, 5.41) is 17.5. The van der Waals surface area contributed by atoms with E-state index in [0.717, 1.165) is 6.42 Å². The topological polar surface area (TPSA) is 87.0 Å². The lowest BCUT2D eigenvalue weighted by atomic mass is 10.2. The number of hydrogen-bond donors (Lipinski definition) is 2. The van der Waals surface area contributed by atoms with Crippen LogP contribution < -0.4 is 0 Å². The lowest BCUT2D eigenvalue weighted by molar-refractivity contribution is -0.126. The number of hydrogen-bond acceptors (Lipinski definition) is 4. The molecule has 1 atom stereocenters. The van der Waals surface area contributed by atoms with E-state index >= 15 is 0 Å². The van der Waals surface area contributed by atoms with E-state index in [1.807, 2.05) is 0 Å². The van der Waals surface area contributed by atoms with Crippen molar-refractivity contribution in [3.63, 3.8) is 0 Å². The Labute approximate surface area is 127 Å². The Bertz CT molecular complexity index is 738. The van der Waals surface area contributed by atoms with Crippen molar-refractivity contribution in [3.05, 3.63) is 22.4 Å². The van der Waals surface area contributed by atoms with E-state index in [4.69, 9.17) is 4.74 Å². The summed E-state index contributed by atoms with van der Waals surface area (Å²) in [5.74, 6) is -1.27. The van der Waals surface area contributed by atoms with Crippen LogP contribution >= 0.6 is 15.9 Å². The number of halogens is 2. The minimum atomic E-state index is -0.579. The molecule has 1 amide bonds. The van der Waals surface area contributed by atoms with Gasteiger partial charge in [-0.05, 0) is 40.9 Å². The Morgan fingerprint density at radius 3 is 3.05 bits per heavy atom. The first-order valence-electron chi connectivity index (χ1n) is 6.33. The lowest BCUT2D eigenvalue weighted by Crippen LogP contribution is -2.16. The molecule has 0 spiro atoms. The SMILES string of the molecule is O=C(N=Nc1c(O)[nH]c2c(Br)cc(F)cc12)[C@@H]1CCCO1. The fraction of sp³-hybridized carbons (Fsp3) is 0.308. The number of H-pyrrole nitrogens is 1. The predicted molar refractivity (Wildman–Crippen MR) is 76.1 cm³/mol. The maximum absolute atomic E-state index is 13.4. The number of carbonyl (C=O) groups excluding carboxylic acids is 1. The minimum Gasteiger partial charge on any atom is -0.493 e. The molecule has 1 fully saturated rings. The lowest BCUT2D eigenvalue weighted by Gasteiger charge is -2.01. The van der Waals surface area contributed by atoms with Crippen LogP contribution in [0.2, 0.25) is 0 Å². The Balaban J connectivity index is 1.96. The van der Waals surface area contributed by atoms with Gasteiger partial charge in [0, 0.05) is 16.5 Å². The summed E-state index contributed by atoms with van der Waals surface area (Å²) in [4.78, 5) is 14.4. The van der Waals surface area contributed by atoms with Crippen LogP contribution in [0.3, 0.4) is 0 Å². The van der Waals surface area contributed by atoms with E-state index in [1.165, 1.54) is 12.1 Å². The molecule has 1 aliphatic rings. The fourth-order valence-electron chi connectivity index (χ4n) is 2.23. The van der Waals surface area contributed by atoms with Crippen molar-refractivity contribution < 1.29 is 19.0 Å². The third-order valence-corrected chi connectivity index (χ3v) is 3.86. The molecular weight excluding hydrogens is 345 g/mol. The van der Waals surface area contributed by atoms with E-state index in [1.54, 1.807) is 0 Å². The Morgan fingerprint density at radius 1 is 1.52 bits per heavy atom. The first kappa shape index (κ1) is 14.2. The van der Waals surface area contributed by atoms with Gasteiger partial charge in [-0.3, -0.25) is 4.79 Å². The van der Waals surface area contributed by atoms with Gasteiger partial charge in [0.15, 0.2) is 5.69 Å². The van der Waals surface area contributed by atoms with Gasteiger partial charge in [0.05, 0.1) is 5.52 Å². The smallest absolute Gasteiger partial charge is 0.293 e. The highest BCUT2D eigenvalue weighted by Crippen LogP contribution is 2.39. The number of benzene rings is 1. The summed E-state index contributed by atoms with van der Waals surface area (Å²) >= 11 is 3.19. The van der Waals surface area contributed by atoms with Crippen LogP contribution in [-0.2, 0) is 9.53 Å². The van der Waals surface area contributed by atoms with Gasteiger partial charge in [0.25, 0.3) is 5.91 Å². The van der Waals surface area contributed by atoms with Gasteiger partial charge in [-0.25, -0.2) is 4.39 Å².